The highest BCUT2D eigenvalue weighted by Gasteiger charge is 2.31. The molecule has 1 amide bonds. The van der Waals surface area contributed by atoms with Crippen LogP contribution < -0.4 is 5.32 Å². The molecular formula is C18H11Cl3F3N3O. The smallest absolute Gasteiger partial charge is 0.304 e. The molecule has 0 atom stereocenters. The number of nitrogens with one attached hydrogen (secondary N) is 1. The molecule has 0 aliphatic carbocycles. The number of benzene rings is 2. The number of halogens is 6. The van der Waals surface area contributed by atoms with Crippen LogP contribution in [-0.4, -0.2) is 15.7 Å². The fraction of sp³-hybridized carbons (Fsp3) is 0.111. The van der Waals surface area contributed by atoms with E-state index in [4.69, 9.17) is 34.8 Å². The summed E-state index contributed by atoms with van der Waals surface area (Å²) in [7, 11) is 0. The Morgan fingerprint density at radius 1 is 1.07 bits per heavy atom. The maximum absolute atomic E-state index is 12.8. The molecule has 10 heteroatoms. The van der Waals surface area contributed by atoms with Crippen molar-refractivity contribution in [3.8, 4) is 0 Å². The van der Waals surface area contributed by atoms with Crippen LogP contribution in [-0.2, 0) is 12.7 Å². The number of hydrogen-bond acceptors (Lipinski definition) is 2. The van der Waals surface area contributed by atoms with Gasteiger partial charge >= 0.3 is 6.18 Å². The van der Waals surface area contributed by atoms with Crippen LogP contribution in [0.25, 0.3) is 0 Å². The fourth-order valence-corrected chi connectivity index (χ4v) is 3.07. The van der Waals surface area contributed by atoms with E-state index in [-0.39, 0.29) is 22.9 Å². The molecule has 2 aromatic carbocycles. The van der Waals surface area contributed by atoms with Gasteiger partial charge in [0.15, 0.2) is 5.82 Å². The zero-order valence-electron chi connectivity index (χ0n) is 13.9. The van der Waals surface area contributed by atoms with Gasteiger partial charge in [0.05, 0.1) is 12.1 Å². The topological polar surface area (TPSA) is 46.9 Å². The zero-order chi connectivity index (χ0) is 20.5. The van der Waals surface area contributed by atoms with E-state index in [1.165, 1.54) is 16.9 Å². The Labute approximate surface area is 172 Å². The van der Waals surface area contributed by atoms with E-state index >= 15 is 0 Å². The van der Waals surface area contributed by atoms with Gasteiger partial charge in [-0.2, -0.15) is 18.3 Å². The van der Waals surface area contributed by atoms with Gasteiger partial charge in [-0.25, -0.2) is 0 Å². The Morgan fingerprint density at radius 3 is 2.50 bits per heavy atom. The van der Waals surface area contributed by atoms with Crippen LogP contribution in [0.2, 0.25) is 15.1 Å². The van der Waals surface area contributed by atoms with Gasteiger partial charge in [-0.05, 0) is 35.9 Å². The quantitative estimate of drug-likeness (QED) is 0.519. The summed E-state index contributed by atoms with van der Waals surface area (Å²) in [5.74, 6) is -0.739. The molecule has 4 nitrogen and oxygen atoms in total. The number of carbonyl (C=O) groups is 1. The molecule has 28 heavy (non-hydrogen) atoms. The van der Waals surface area contributed by atoms with Gasteiger partial charge in [-0.3, -0.25) is 9.48 Å². The molecule has 0 aliphatic rings. The lowest BCUT2D eigenvalue weighted by molar-refractivity contribution is -0.137. The minimum absolute atomic E-state index is 0.0224. The molecule has 1 heterocycles. The summed E-state index contributed by atoms with van der Waals surface area (Å²) in [5, 5.41) is 7.61. The lowest BCUT2D eigenvalue weighted by Crippen LogP contribution is -2.15. The molecular weight excluding hydrogens is 438 g/mol. The Balaban J connectivity index is 1.77. The van der Waals surface area contributed by atoms with Gasteiger partial charge in [0.25, 0.3) is 5.91 Å². The first-order valence-corrected chi connectivity index (χ1v) is 8.92. The zero-order valence-corrected chi connectivity index (χ0v) is 16.2. The lowest BCUT2D eigenvalue weighted by Gasteiger charge is -2.08. The number of alkyl halides is 3. The van der Waals surface area contributed by atoms with Crippen molar-refractivity contribution in [2.24, 2.45) is 0 Å². The summed E-state index contributed by atoms with van der Waals surface area (Å²) < 4.78 is 39.9. The van der Waals surface area contributed by atoms with E-state index in [0.717, 1.165) is 23.8 Å². The minimum Gasteiger partial charge on any atom is -0.304 e. The van der Waals surface area contributed by atoms with Crippen LogP contribution >= 0.6 is 34.8 Å². The summed E-state index contributed by atoms with van der Waals surface area (Å²) in [6.07, 6.45) is -3.08. The number of aromatic nitrogens is 2. The van der Waals surface area contributed by atoms with Crippen LogP contribution in [0.1, 0.15) is 21.5 Å². The first-order chi connectivity index (χ1) is 13.1. The highest BCUT2D eigenvalue weighted by Crippen LogP contribution is 2.30. The van der Waals surface area contributed by atoms with E-state index in [0.29, 0.717) is 10.0 Å². The summed E-state index contributed by atoms with van der Waals surface area (Å²) in [6, 6.07) is 9.04. The maximum atomic E-state index is 12.8. The van der Waals surface area contributed by atoms with Crippen molar-refractivity contribution in [1.82, 2.24) is 9.78 Å². The maximum Gasteiger partial charge on any atom is 0.416 e. The molecule has 0 saturated heterocycles. The molecule has 0 radical (unpaired) electrons. The van der Waals surface area contributed by atoms with Crippen LogP contribution in [0.5, 0.6) is 0 Å². The monoisotopic (exact) mass is 447 g/mol. The van der Waals surface area contributed by atoms with Crippen molar-refractivity contribution in [3.05, 3.63) is 80.4 Å². The van der Waals surface area contributed by atoms with Crippen molar-refractivity contribution in [2.75, 3.05) is 5.32 Å². The lowest BCUT2D eigenvalue weighted by atomic mass is 10.1. The molecule has 3 aromatic rings. The Kier molecular flexibility index (Phi) is 5.88. The van der Waals surface area contributed by atoms with Crippen LogP contribution in [0.15, 0.2) is 48.7 Å². The number of amides is 1. The molecule has 0 fully saturated rings. The largest absolute Gasteiger partial charge is 0.416 e. The van der Waals surface area contributed by atoms with Crippen molar-refractivity contribution in [3.63, 3.8) is 0 Å². The predicted octanol–water partition coefficient (Wildman–Crippen LogP) is 6.16. The minimum atomic E-state index is -4.55. The molecule has 1 N–H and O–H groups in total. The number of anilines is 1. The molecule has 3 rings (SSSR count). The first kappa shape index (κ1) is 20.5. The Morgan fingerprint density at radius 2 is 1.82 bits per heavy atom. The van der Waals surface area contributed by atoms with E-state index in [9.17, 15) is 18.0 Å². The molecule has 1 aromatic heterocycles. The Hall–Kier alpha value is -2.22. The van der Waals surface area contributed by atoms with E-state index in [1.807, 2.05) is 0 Å². The summed E-state index contributed by atoms with van der Waals surface area (Å²) in [6.45, 7) is 0.259. The number of nitrogens with zero attached hydrogens (tertiary/aromatic N) is 2. The van der Waals surface area contributed by atoms with Gasteiger partial charge in [-0.1, -0.05) is 46.9 Å². The van der Waals surface area contributed by atoms with Gasteiger partial charge in [0, 0.05) is 21.8 Å². The number of carbonyl (C=O) groups excluding carboxylic acids is 1. The van der Waals surface area contributed by atoms with Crippen molar-refractivity contribution in [2.45, 2.75) is 12.7 Å². The molecule has 0 bridgehead atoms. The van der Waals surface area contributed by atoms with Crippen LogP contribution in [0.4, 0.5) is 19.0 Å². The number of hydrogen-bond donors (Lipinski definition) is 1. The number of rotatable bonds is 4. The standard InChI is InChI=1S/C18H11Cl3F3N3O/c19-13-5-4-11(14(20)7-13)8-27-9-15(21)16(26-27)25-17(28)10-2-1-3-12(6-10)18(22,23)24/h1-7,9H,8H2,(H,25,26,28). The second kappa shape index (κ2) is 8.03. The summed E-state index contributed by atoms with van der Waals surface area (Å²) in [4.78, 5) is 12.3. The molecule has 0 aliphatic heterocycles. The summed E-state index contributed by atoms with van der Waals surface area (Å²) >= 11 is 18.1. The molecule has 0 spiro atoms. The average Bonchev–Trinajstić information content (AvgIpc) is 2.96. The van der Waals surface area contributed by atoms with E-state index < -0.39 is 17.6 Å². The molecule has 0 saturated carbocycles. The third-order valence-electron chi connectivity index (χ3n) is 3.75. The van der Waals surface area contributed by atoms with Gasteiger partial charge in [0.2, 0.25) is 0 Å². The average molecular weight is 449 g/mol. The third kappa shape index (κ3) is 4.79. The van der Waals surface area contributed by atoms with Crippen LogP contribution in [0, 0.1) is 0 Å². The normalized spacial score (nSPS) is 11.5. The van der Waals surface area contributed by atoms with Crippen molar-refractivity contribution >= 4 is 46.5 Å². The Bertz CT molecular complexity index is 1030. The summed E-state index contributed by atoms with van der Waals surface area (Å²) in [5.41, 5.74) is -0.365. The fourth-order valence-electron chi connectivity index (χ4n) is 2.40. The van der Waals surface area contributed by atoms with Gasteiger partial charge in [-0.15, -0.1) is 0 Å². The van der Waals surface area contributed by atoms with E-state index in [1.54, 1.807) is 18.2 Å². The first-order valence-electron chi connectivity index (χ1n) is 7.79. The van der Waals surface area contributed by atoms with E-state index in [2.05, 4.69) is 10.4 Å². The third-order valence-corrected chi connectivity index (χ3v) is 4.61. The predicted molar refractivity (Wildman–Crippen MR) is 102 cm³/mol. The molecule has 0 unspecified atom stereocenters. The SMILES string of the molecule is O=C(Nc1nn(Cc2ccc(Cl)cc2Cl)cc1Cl)c1cccc(C(F)(F)F)c1. The van der Waals surface area contributed by atoms with Crippen molar-refractivity contribution in [1.29, 1.82) is 0 Å². The van der Waals surface area contributed by atoms with Crippen molar-refractivity contribution < 1.29 is 18.0 Å². The second-order valence-electron chi connectivity index (χ2n) is 5.79. The van der Waals surface area contributed by atoms with Crippen LogP contribution in [0.3, 0.4) is 0 Å². The highest BCUT2D eigenvalue weighted by atomic mass is 35.5. The highest BCUT2D eigenvalue weighted by molar-refractivity contribution is 6.35. The second-order valence-corrected chi connectivity index (χ2v) is 7.04. The molecule has 146 valence electrons. The van der Waals surface area contributed by atoms with Gasteiger partial charge in [0.1, 0.15) is 5.02 Å². The van der Waals surface area contributed by atoms with Gasteiger partial charge < -0.3 is 5.32 Å².